The summed E-state index contributed by atoms with van der Waals surface area (Å²) in [5, 5.41) is 5.63. The first kappa shape index (κ1) is 18.1. The number of nitrogens with one attached hydrogen (secondary N) is 1. The van der Waals surface area contributed by atoms with Crippen LogP contribution < -0.4 is 5.32 Å². The largest absolute Gasteiger partial charge is 0.350 e. The predicted molar refractivity (Wildman–Crippen MR) is 107 cm³/mol. The van der Waals surface area contributed by atoms with Gasteiger partial charge in [-0.2, -0.15) is 0 Å². The molecule has 1 amide bonds. The molecule has 0 radical (unpaired) electrons. The van der Waals surface area contributed by atoms with Crippen molar-refractivity contribution in [2.45, 2.75) is 13.1 Å². The van der Waals surface area contributed by atoms with Crippen molar-refractivity contribution < 1.29 is 9.18 Å². The van der Waals surface area contributed by atoms with Gasteiger partial charge in [-0.15, -0.1) is 11.3 Å². The van der Waals surface area contributed by atoms with Crippen LogP contribution in [0.15, 0.2) is 72.5 Å². The van der Waals surface area contributed by atoms with E-state index in [0.29, 0.717) is 6.54 Å². The van der Waals surface area contributed by atoms with E-state index in [9.17, 15) is 9.18 Å². The van der Waals surface area contributed by atoms with Crippen LogP contribution in [0.1, 0.15) is 5.56 Å². The highest BCUT2D eigenvalue weighted by atomic mass is 32.1. The molecule has 0 aliphatic rings. The zero-order chi connectivity index (χ0) is 19.3. The number of benzene rings is 2. The van der Waals surface area contributed by atoms with E-state index in [-0.39, 0.29) is 18.3 Å². The average molecular weight is 392 g/mol. The minimum atomic E-state index is -0.293. The number of thiazole rings is 1. The number of carbonyl (C=O) groups is 1. The Hall–Kier alpha value is -3.32. The molecule has 28 heavy (non-hydrogen) atoms. The van der Waals surface area contributed by atoms with Crippen LogP contribution >= 0.6 is 11.3 Å². The van der Waals surface area contributed by atoms with Crippen LogP contribution in [-0.2, 0) is 17.9 Å². The van der Waals surface area contributed by atoms with E-state index in [4.69, 9.17) is 0 Å². The molecule has 0 aliphatic carbocycles. The van der Waals surface area contributed by atoms with Crippen LogP contribution in [0.3, 0.4) is 0 Å². The summed E-state index contributed by atoms with van der Waals surface area (Å²) in [6.07, 6.45) is 3.43. The molecule has 0 unspecified atom stereocenters. The van der Waals surface area contributed by atoms with Gasteiger partial charge in [-0.3, -0.25) is 4.79 Å². The fourth-order valence-corrected chi connectivity index (χ4v) is 3.50. The van der Waals surface area contributed by atoms with Gasteiger partial charge in [-0.1, -0.05) is 42.5 Å². The highest BCUT2D eigenvalue weighted by molar-refractivity contribution is 7.13. The Bertz CT molecular complexity index is 1070. The Balaban J connectivity index is 1.37. The fraction of sp³-hybridized carbons (Fsp3) is 0.0952. The maximum absolute atomic E-state index is 12.9. The van der Waals surface area contributed by atoms with Crippen molar-refractivity contribution in [1.29, 1.82) is 0 Å². The minimum Gasteiger partial charge on any atom is -0.350 e. The van der Waals surface area contributed by atoms with Crippen LogP contribution in [0.25, 0.3) is 22.0 Å². The highest BCUT2D eigenvalue weighted by Crippen LogP contribution is 2.27. The van der Waals surface area contributed by atoms with Gasteiger partial charge in [0.2, 0.25) is 5.91 Å². The van der Waals surface area contributed by atoms with Gasteiger partial charge in [-0.25, -0.2) is 14.4 Å². The number of carbonyl (C=O) groups excluding carboxylic acids is 1. The van der Waals surface area contributed by atoms with Crippen LogP contribution in [0.5, 0.6) is 0 Å². The van der Waals surface area contributed by atoms with Crippen LogP contribution in [0.4, 0.5) is 4.39 Å². The molecular weight excluding hydrogens is 375 g/mol. The van der Waals surface area contributed by atoms with E-state index in [0.717, 1.165) is 27.5 Å². The van der Waals surface area contributed by atoms with E-state index in [1.54, 1.807) is 23.0 Å². The summed E-state index contributed by atoms with van der Waals surface area (Å²) in [4.78, 5) is 21.1. The summed E-state index contributed by atoms with van der Waals surface area (Å²) in [6.45, 7) is 0.513. The van der Waals surface area contributed by atoms with Gasteiger partial charge >= 0.3 is 0 Å². The van der Waals surface area contributed by atoms with Gasteiger partial charge in [-0.05, 0) is 17.7 Å². The summed E-state index contributed by atoms with van der Waals surface area (Å²) >= 11 is 1.52. The quantitative estimate of drug-likeness (QED) is 0.537. The van der Waals surface area contributed by atoms with Crippen molar-refractivity contribution in [3.63, 3.8) is 0 Å². The van der Waals surface area contributed by atoms with Crippen LogP contribution in [0.2, 0.25) is 0 Å². The molecule has 0 saturated carbocycles. The summed E-state index contributed by atoms with van der Waals surface area (Å²) < 4.78 is 14.6. The summed E-state index contributed by atoms with van der Waals surface area (Å²) in [6, 6.07) is 16.0. The molecule has 4 aromatic rings. The molecule has 0 aliphatic heterocycles. The predicted octanol–water partition coefficient (Wildman–Crippen LogP) is 4.13. The van der Waals surface area contributed by atoms with Crippen molar-refractivity contribution in [2.75, 3.05) is 0 Å². The Kier molecular flexibility index (Phi) is 5.25. The Morgan fingerprint density at radius 1 is 1.07 bits per heavy atom. The molecule has 0 fully saturated rings. The number of rotatable bonds is 6. The zero-order valence-electron chi connectivity index (χ0n) is 14.9. The van der Waals surface area contributed by atoms with Gasteiger partial charge in [0, 0.05) is 23.7 Å². The molecule has 0 bridgehead atoms. The standard InChI is InChI=1S/C21H17FN4OS/c22-17-8-6-15(7-9-17)10-23-20(27)12-26-11-18(24-14-26)21-25-19(13-28-21)16-4-2-1-3-5-16/h1-9,11,13-14H,10,12H2,(H,23,27). The molecule has 0 atom stereocenters. The Morgan fingerprint density at radius 2 is 1.86 bits per heavy atom. The molecule has 2 heterocycles. The minimum absolute atomic E-state index is 0.141. The molecule has 7 heteroatoms. The van der Waals surface area contributed by atoms with Gasteiger partial charge in [0.1, 0.15) is 23.1 Å². The first-order chi connectivity index (χ1) is 13.7. The van der Waals surface area contributed by atoms with E-state index in [1.807, 2.05) is 41.9 Å². The number of aromatic nitrogens is 3. The monoisotopic (exact) mass is 392 g/mol. The maximum Gasteiger partial charge on any atom is 0.240 e. The summed E-state index contributed by atoms with van der Waals surface area (Å²) in [5.41, 5.74) is 3.55. The van der Waals surface area contributed by atoms with E-state index >= 15 is 0 Å². The number of hydrogen-bond acceptors (Lipinski definition) is 4. The molecule has 140 valence electrons. The molecule has 2 aromatic heterocycles. The van der Waals surface area contributed by atoms with Gasteiger partial charge in [0.25, 0.3) is 0 Å². The van der Waals surface area contributed by atoms with Gasteiger partial charge in [0.05, 0.1) is 12.0 Å². The maximum atomic E-state index is 12.9. The first-order valence-corrected chi connectivity index (χ1v) is 9.59. The SMILES string of the molecule is O=C(Cn1cnc(-c2nc(-c3ccccc3)cs2)c1)NCc1ccc(F)cc1. The van der Waals surface area contributed by atoms with E-state index in [1.165, 1.54) is 23.5 Å². The molecule has 4 rings (SSSR count). The number of hydrogen-bond donors (Lipinski definition) is 1. The average Bonchev–Trinajstić information content (AvgIpc) is 3.38. The third kappa shape index (κ3) is 4.32. The van der Waals surface area contributed by atoms with Crippen LogP contribution in [-0.4, -0.2) is 20.4 Å². The van der Waals surface area contributed by atoms with E-state index in [2.05, 4.69) is 15.3 Å². The molecule has 0 spiro atoms. The topological polar surface area (TPSA) is 59.8 Å². The van der Waals surface area contributed by atoms with Crippen molar-refractivity contribution in [2.24, 2.45) is 0 Å². The highest BCUT2D eigenvalue weighted by Gasteiger charge is 2.10. The molecule has 1 N–H and O–H groups in total. The van der Waals surface area contributed by atoms with Crippen molar-refractivity contribution >= 4 is 17.2 Å². The molecule has 2 aromatic carbocycles. The normalized spacial score (nSPS) is 10.8. The third-order valence-electron chi connectivity index (χ3n) is 4.16. The fourth-order valence-electron chi connectivity index (χ4n) is 2.71. The van der Waals surface area contributed by atoms with Crippen molar-refractivity contribution in [3.05, 3.63) is 83.9 Å². The zero-order valence-corrected chi connectivity index (χ0v) is 15.7. The lowest BCUT2D eigenvalue weighted by molar-refractivity contribution is -0.121. The summed E-state index contributed by atoms with van der Waals surface area (Å²) in [5.74, 6) is -0.434. The third-order valence-corrected chi connectivity index (χ3v) is 5.02. The second-order valence-corrected chi connectivity index (χ2v) is 7.10. The smallest absolute Gasteiger partial charge is 0.240 e. The Labute approximate surface area is 165 Å². The lowest BCUT2D eigenvalue weighted by Crippen LogP contribution is -2.26. The lowest BCUT2D eigenvalue weighted by Gasteiger charge is -2.05. The molecular formula is C21H17FN4OS. The summed E-state index contributed by atoms with van der Waals surface area (Å²) in [7, 11) is 0. The van der Waals surface area contributed by atoms with Gasteiger partial charge in [0.15, 0.2) is 0 Å². The number of imidazole rings is 1. The molecule has 0 saturated heterocycles. The molecule has 5 nitrogen and oxygen atoms in total. The number of halogens is 1. The second-order valence-electron chi connectivity index (χ2n) is 6.24. The van der Waals surface area contributed by atoms with Crippen molar-refractivity contribution in [3.8, 4) is 22.0 Å². The number of amides is 1. The first-order valence-electron chi connectivity index (χ1n) is 8.71. The Morgan fingerprint density at radius 3 is 2.64 bits per heavy atom. The second kappa shape index (κ2) is 8.14. The number of nitrogens with zero attached hydrogens (tertiary/aromatic N) is 3. The van der Waals surface area contributed by atoms with Crippen LogP contribution in [0, 0.1) is 5.82 Å². The van der Waals surface area contributed by atoms with Gasteiger partial charge < -0.3 is 9.88 Å². The lowest BCUT2D eigenvalue weighted by atomic mass is 10.2. The van der Waals surface area contributed by atoms with E-state index < -0.39 is 0 Å². The van der Waals surface area contributed by atoms with Crippen molar-refractivity contribution in [1.82, 2.24) is 19.9 Å².